The number of rotatable bonds is 4. The molecule has 1 aromatic heterocycles. The summed E-state index contributed by atoms with van der Waals surface area (Å²) in [5, 5.41) is 3.84. The van der Waals surface area contributed by atoms with E-state index in [0.29, 0.717) is 5.02 Å². The number of nitrogens with one attached hydrogen (secondary N) is 1. The second-order valence-electron chi connectivity index (χ2n) is 6.87. The van der Waals surface area contributed by atoms with E-state index < -0.39 is 0 Å². The second kappa shape index (κ2) is 8.52. The van der Waals surface area contributed by atoms with Gasteiger partial charge in [-0.2, -0.15) is 0 Å². The molecule has 0 bridgehead atoms. The Morgan fingerprint density at radius 2 is 1.92 bits per heavy atom. The van der Waals surface area contributed by atoms with Crippen molar-refractivity contribution in [1.29, 1.82) is 0 Å². The third-order valence-electron chi connectivity index (χ3n) is 5.05. The van der Waals surface area contributed by atoms with Crippen LogP contribution in [0.1, 0.15) is 30.0 Å². The molecule has 2 aromatic rings. The first-order chi connectivity index (χ1) is 12.5. The molecule has 138 valence electrons. The topological polar surface area (TPSA) is 48.5 Å². The summed E-state index contributed by atoms with van der Waals surface area (Å²) in [7, 11) is 4.00. The molecule has 0 radical (unpaired) electrons. The lowest BCUT2D eigenvalue weighted by atomic mass is 10.00. The van der Waals surface area contributed by atoms with E-state index in [-0.39, 0.29) is 18.1 Å². The maximum Gasteiger partial charge on any atom is 0.318 e. The molecule has 2 amide bonds. The van der Waals surface area contributed by atoms with Crippen molar-refractivity contribution in [3.63, 3.8) is 0 Å². The molecule has 1 saturated heterocycles. The molecule has 1 atom stereocenters. The number of aromatic nitrogens is 1. The average molecular weight is 373 g/mol. The van der Waals surface area contributed by atoms with Crippen molar-refractivity contribution >= 4 is 17.6 Å². The smallest absolute Gasteiger partial charge is 0.318 e. The highest BCUT2D eigenvalue weighted by Gasteiger charge is 2.26. The minimum atomic E-state index is -0.262. The molecule has 0 unspecified atom stereocenters. The van der Waals surface area contributed by atoms with Crippen molar-refractivity contribution < 1.29 is 4.79 Å². The number of nitrogens with zero attached hydrogens (tertiary/aromatic N) is 3. The highest BCUT2D eigenvalue weighted by molar-refractivity contribution is 6.30. The van der Waals surface area contributed by atoms with E-state index in [9.17, 15) is 4.79 Å². The van der Waals surface area contributed by atoms with E-state index >= 15 is 0 Å². The van der Waals surface area contributed by atoms with Gasteiger partial charge in [0.2, 0.25) is 0 Å². The van der Waals surface area contributed by atoms with Crippen LogP contribution in [0, 0.1) is 0 Å². The monoisotopic (exact) mass is 372 g/mol. The first-order valence-corrected chi connectivity index (χ1v) is 9.29. The summed E-state index contributed by atoms with van der Waals surface area (Å²) in [6.45, 7) is 2.04. The molecule has 0 aliphatic carbocycles. The Kier molecular flexibility index (Phi) is 6.12. The number of amides is 2. The fourth-order valence-electron chi connectivity index (χ4n) is 3.33. The van der Waals surface area contributed by atoms with Gasteiger partial charge in [-0.15, -0.1) is 0 Å². The van der Waals surface area contributed by atoms with Gasteiger partial charge in [-0.1, -0.05) is 29.8 Å². The lowest BCUT2D eigenvalue weighted by molar-refractivity contribution is 0.146. The molecule has 0 spiro atoms. The van der Waals surface area contributed by atoms with Crippen LogP contribution in [0.25, 0.3) is 0 Å². The second-order valence-corrected chi connectivity index (χ2v) is 7.30. The maximum atomic E-state index is 12.9. The van der Waals surface area contributed by atoms with Gasteiger partial charge >= 0.3 is 6.03 Å². The zero-order valence-electron chi connectivity index (χ0n) is 15.2. The number of carbonyl (C=O) groups excluding carboxylic acids is 1. The fourth-order valence-corrected chi connectivity index (χ4v) is 3.46. The molecular formula is C20H25ClN4O. The van der Waals surface area contributed by atoms with Crippen LogP contribution in [-0.4, -0.2) is 54.0 Å². The fraction of sp³-hybridized carbons (Fsp3) is 0.400. The van der Waals surface area contributed by atoms with Crippen molar-refractivity contribution in [2.45, 2.75) is 24.9 Å². The van der Waals surface area contributed by atoms with Gasteiger partial charge in [0.15, 0.2) is 0 Å². The largest absolute Gasteiger partial charge is 0.327 e. The zero-order chi connectivity index (χ0) is 18.5. The SMILES string of the molecule is CN1CCC(N(C)C(=O)N[C@H](c2ccc(Cl)cc2)c2cccnc2)CC1. The van der Waals surface area contributed by atoms with E-state index in [1.54, 1.807) is 12.4 Å². The van der Waals surface area contributed by atoms with Gasteiger partial charge < -0.3 is 15.1 Å². The van der Waals surface area contributed by atoms with Gasteiger partial charge in [0, 0.05) is 30.5 Å². The molecule has 2 heterocycles. The molecule has 1 N–H and O–H groups in total. The molecular weight excluding hydrogens is 348 g/mol. The molecule has 1 fully saturated rings. The minimum Gasteiger partial charge on any atom is -0.327 e. The number of likely N-dealkylation sites (tertiary alicyclic amines) is 1. The Labute approximate surface area is 160 Å². The molecule has 1 aliphatic heterocycles. The summed E-state index contributed by atoms with van der Waals surface area (Å²) in [6.07, 6.45) is 5.52. The molecule has 1 aromatic carbocycles. The van der Waals surface area contributed by atoms with Crippen molar-refractivity contribution in [2.24, 2.45) is 0 Å². The number of piperidine rings is 1. The van der Waals surface area contributed by atoms with Crippen molar-refractivity contribution in [1.82, 2.24) is 20.1 Å². The first kappa shape index (κ1) is 18.7. The molecule has 0 saturated carbocycles. The summed E-state index contributed by atoms with van der Waals surface area (Å²) in [4.78, 5) is 21.2. The number of hydrogen-bond donors (Lipinski definition) is 1. The Bertz CT molecular complexity index is 714. The Balaban J connectivity index is 1.77. The van der Waals surface area contributed by atoms with E-state index in [1.807, 2.05) is 48.3 Å². The van der Waals surface area contributed by atoms with Crippen LogP contribution in [0.4, 0.5) is 4.79 Å². The number of halogens is 1. The van der Waals surface area contributed by atoms with Gasteiger partial charge in [0.05, 0.1) is 6.04 Å². The molecule has 5 nitrogen and oxygen atoms in total. The number of pyridine rings is 1. The Morgan fingerprint density at radius 3 is 2.54 bits per heavy atom. The summed E-state index contributed by atoms with van der Waals surface area (Å²) in [6, 6.07) is 11.4. The lowest BCUT2D eigenvalue weighted by Crippen LogP contribution is -2.49. The summed E-state index contributed by atoms with van der Waals surface area (Å²) in [5.41, 5.74) is 1.92. The number of benzene rings is 1. The average Bonchev–Trinajstić information content (AvgIpc) is 2.67. The van der Waals surface area contributed by atoms with Crippen molar-refractivity contribution in [2.75, 3.05) is 27.2 Å². The van der Waals surface area contributed by atoms with Crippen LogP contribution >= 0.6 is 11.6 Å². The predicted molar refractivity (Wildman–Crippen MR) is 104 cm³/mol. The standard InChI is InChI=1S/C20H25ClN4O/c1-24-12-9-18(10-13-24)25(2)20(26)23-19(16-4-3-11-22-14-16)15-5-7-17(21)8-6-15/h3-8,11,14,18-19H,9-10,12-13H2,1-2H3,(H,23,26)/t19-/m1/s1. The van der Waals surface area contributed by atoms with Crippen molar-refractivity contribution in [3.05, 3.63) is 64.9 Å². The Morgan fingerprint density at radius 1 is 1.23 bits per heavy atom. The van der Waals surface area contributed by atoms with E-state index in [0.717, 1.165) is 37.1 Å². The number of carbonyl (C=O) groups is 1. The predicted octanol–water partition coefficient (Wildman–Crippen LogP) is 3.56. The third-order valence-corrected chi connectivity index (χ3v) is 5.30. The van der Waals surface area contributed by atoms with Crippen LogP contribution in [0.5, 0.6) is 0 Å². The summed E-state index contributed by atoms with van der Waals surface area (Å²) >= 11 is 6.02. The van der Waals surface area contributed by atoms with E-state index in [1.165, 1.54) is 0 Å². The molecule has 3 rings (SSSR count). The van der Waals surface area contributed by atoms with Crippen LogP contribution in [0.3, 0.4) is 0 Å². The van der Waals surface area contributed by atoms with Gasteiger partial charge in [-0.25, -0.2) is 4.79 Å². The van der Waals surface area contributed by atoms with Crippen LogP contribution in [-0.2, 0) is 0 Å². The molecule has 6 heteroatoms. The zero-order valence-corrected chi connectivity index (χ0v) is 16.0. The van der Waals surface area contributed by atoms with E-state index in [2.05, 4.69) is 22.2 Å². The highest BCUT2D eigenvalue weighted by Crippen LogP contribution is 2.24. The molecule has 1 aliphatic rings. The van der Waals surface area contributed by atoms with Crippen LogP contribution in [0.2, 0.25) is 5.02 Å². The number of urea groups is 1. The van der Waals surface area contributed by atoms with E-state index in [4.69, 9.17) is 11.6 Å². The third kappa shape index (κ3) is 4.54. The maximum absolute atomic E-state index is 12.9. The van der Waals surface area contributed by atoms with Gasteiger partial charge in [-0.05, 0) is 62.3 Å². The lowest BCUT2D eigenvalue weighted by Gasteiger charge is -2.36. The number of hydrogen-bond acceptors (Lipinski definition) is 3. The van der Waals surface area contributed by atoms with Gasteiger partial charge in [0.25, 0.3) is 0 Å². The Hall–Kier alpha value is -2.11. The summed E-state index contributed by atoms with van der Waals surface area (Å²) < 4.78 is 0. The van der Waals surface area contributed by atoms with Crippen molar-refractivity contribution in [3.8, 4) is 0 Å². The van der Waals surface area contributed by atoms with Gasteiger partial charge in [-0.3, -0.25) is 4.98 Å². The van der Waals surface area contributed by atoms with Crippen LogP contribution < -0.4 is 5.32 Å². The van der Waals surface area contributed by atoms with Crippen LogP contribution in [0.15, 0.2) is 48.8 Å². The highest BCUT2D eigenvalue weighted by atomic mass is 35.5. The van der Waals surface area contributed by atoms with Gasteiger partial charge in [0.1, 0.15) is 0 Å². The normalized spacial score (nSPS) is 16.9. The summed E-state index contributed by atoms with van der Waals surface area (Å²) in [5.74, 6) is 0. The first-order valence-electron chi connectivity index (χ1n) is 8.92. The quantitative estimate of drug-likeness (QED) is 0.892. The molecule has 26 heavy (non-hydrogen) atoms. The minimum absolute atomic E-state index is 0.0663.